The number of rotatable bonds is 1. The van der Waals surface area contributed by atoms with Gasteiger partial charge in [-0.25, -0.2) is 0 Å². The molecule has 0 saturated carbocycles. The van der Waals surface area contributed by atoms with Gasteiger partial charge in [-0.15, -0.1) is 0 Å². The number of halogens is 3. The van der Waals surface area contributed by atoms with Gasteiger partial charge in [-0.3, -0.25) is 0 Å². The van der Waals surface area contributed by atoms with E-state index in [1.165, 1.54) is 19.3 Å². The Hall–Kier alpha value is -0.970. The first-order valence-electron chi connectivity index (χ1n) is 3.29. The molecule has 0 spiro atoms. The molecule has 0 radical (unpaired) electrons. The predicted octanol–water partition coefficient (Wildman–Crippen LogP) is 2.15. The smallest absolute Gasteiger partial charge is 0.410 e. The third kappa shape index (κ3) is 1.61. The van der Waals surface area contributed by atoms with Gasteiger partial charge in [0.15, 0.2) is 6.04 Å². The monoisotopic (exact) mass is 179 g/mol. The van der Waals surface area contributed by atoms with E-state index in [-0.39, 0.29) is 5.76 Å². The molecule has 0 aromatic carbocycles. The Bertz CT molecular complexity index is 266. The second kappa shape index (κ2) is 2.82. The maximum absolute atomic E-state index is 12.0. The third-order valence-corrected chi connectivity index (χ3v) is 1.54. The molecule has 0 bridgehead atoms. The van der Waals surface area contributed by atoms with Crippen LogP contribution in [-0.2, 0) is 0 Å². The number of furan rings is 1. The van der Waals surface area contributed by atoms with E-state index >= 15 is 0 Å². The lowest BCUT2D eigenvalue weighted by molar-refractivity contribution is -0.152. The maximum atomic E-state index is 12.0. The first-order chi connectivity index (χ1) is 5.43. The summed E-state index contributed by atoms with van der Waals surface area (Å²) in [6.45, 7) is 1.52. The molecular formula is C7H8F3NO. The van der Waals surface area contributed by atoms with Gasteiger partial charge in [0, 0.05) is 0 Å². The number of nitrogens with two attached hydrogens (primary N) is 1. The summed E-state index contributed by atoms with van der Waals surface area (Å²) in [5, 5.41) is 0. The fourth-order valence-corrected chi connectivity index (χ4v) is 0.852. The van der Waals surface area contributed by atoms with Crippen molar-refractivity contribution in [3.05, 3.63) is 23.7 Å². The molecule has 2 nitrogen and oxygen atoms in total. The molecule has 1 rings (SSSR count). The standard InChI is InChI=1S/C7H8F3NO/c1-4-2-3-12-5(4)6(11)7(8,9)10/h2-3,6H,11H2,1H3/t6-/m0/s1. The van der Waals surface area contributed by atoms with Crippen LogP contribution < -0.4 is 5.73 Å². The van der Waals surface area contributed by atoms with Crippen molar-refractivity contribution >= 4 is 0 Å². The zero-order chi connectivity index (χ0) is 9.35. The van der Waals surface area contributed by atoms with Gasteiger partial charge in [-0.1, -0.05) is 0 Å². The van der Waals surface area contributed by atoms with Crippen LogP contribution in [0.1, 0.15) is 17.4 Å². The molecule has 1 aromatic heterocycles. The molecule has 0 unspecified atom stereocenters. The molecular weight excluding hydrogens is 171 g/mol. The Labute approximate surface area is 67.2 Å². The van der Waals surface area contributed by atoms with Gasteiger partial charge in [0.05, 0.1) is 6.26 Å². The Morgan fingerprint density at radius 2 is 2.08 bits per heavy atom. The van der Waals surface area contributed by atoms with E-state index < -0.39 is 12.2 Å². The Kier molecular flexibility index (Phi) is 2.14. The zero-order valence-corrected chi connectivity index (χ0v) is 6.35. The third-order valence-electron chi connectivity index (χ3n) is 1.54. The van der Waals surface area contributed by atoms with Crippen LogP contribution in [0.4, 0.5) is 13.2 Å². The van der Waals surface area contributed by atoms with Crippen LogP contribution in [0.15, 0.2) is 16.7 Å². The van der Waals surface area contributed by atoms with Gasteiger partial charge in [0.25, 0.3) is 0 Å². The summed E-state index contributed by atoms with van der Waals surface area (Å²) >= 11 is 0. The SMILES string of the molecule is Cc1ccoc1[C@H](N)C(F)(F)F. The summed E-state index contributed by atoms with van der Waals surface area (Å²) < 4.78 is 40.6. The molecule has 0 aliphatic heterocycles. The predicted molar refractivity (Wildman–Crippen MR) is 36.4 cm³/mol. The van der Waals surface area contributed by atoms with Crippen molar-refractivity contribution in [2.75, 3.05) is 0 Å². The first-order valence-corrected chi connectivity index (χ1v) is 3.29. The van der Waals surface area contributed by atoms with E-state index in [4.69, 9.17) is 5.73 Å². The molecule has 0 aliphatic carbocycles. The van der Waals surface area contributed by atoms with Crippen molar-refractivity contribution in [1.29, 1.82) is 0 Å². The Morgan fingerprint density at radius 3 is 2.42 bits per heavy atom. The van der Waals surface area contributed by atoms with Crippen molar-refractivity contribution in [2.45, 2.75) is 19.1 Å². The molecule has 1 atom stereocenters. The molecule has 1 aromatic rings. The summed E-state index contributed by atoms with van der Waals surface area (Å²) in [6.07, 6.45) is -3.25. The average Bonchev–Trinajstić information content (AvgIpc) is 2.31. The lowest BCUT2D eigenvalue weighted by Crippen LogP contribution is -2.28. The number of alkyl halides is 3. The minimum absolute atomic E-state index is 0.220. The summed E-state index contributed by atoms with van der Waals surface area (Å²) in [4.78, 5) is 0. The van der Waals surface area contributed by atoms with Crippen molar-refractivity contribution in [3.63, 3.8) is 0 Å². The summed E-state index contributed by atoms with van der Waals surface area (Å²) in [7, 11) is 0. The topological polar surface area (TPSA) is 39.2 Å². The van der Waals surface area contributed by atoms with E-state index in [1.807, 2.05) is 0 Å². The highest BCUT2D eigenvalue weighted by atomic mass is 19.4. The van der Waals surface area contributed by atoms with Gasteiger partial charge in [-0.2, -0.15) is 13.2 Å². The van der Waals surface area contributed by atoms with Crippen LogP contribution >= 0.6 is 0 Å². The van der Waals surface area contributed by atoms with E-state index in [2.05, 4.69) is 4.42 Å². The van der Waals surface area contributed by atoms with Crippen LogP contribution in [0.25, 0.3) is 0 Å². The average molecular weight is 179 g/mol. The van der Waals surface area contributed by atoms with Crippen LogP contribution in [0.5, 0.6) is 0 Å². The van der Waals surface area contributed by atoms with Crippen molar-refractivity contribution in [2.24, 2.45) is 5.73 Å². The lowest BCUT2D eigenvalue weighted by Gasteiger charge is -2.13. The normalized spacial score (nSPS) is 14.8. The lowest BCUT2D eigenvalue weighted by atomic mass is 10.1. The van der Waals surface area contributed by atoms with E-state index in [1.54, 1.807) is 0 Å². The molecule has 12 heavy (non-hydrogen) atoms. The zero-order valence-electron chi connectivity index (χ0n) is 6.35. The van der Waals surface area contributed by atoms with Gasteiger partial charge in [0.1, 0.15) is 5.76 Å². The molecule has 0 fully saturated rings. The fraction of sp³-hybridized carbons (Fsp3) is 0.429. The molecule has 0 aliphatic rings. The molecule has 1 heterocycles. The molecule has 68 valence electrons. The van der Waals surface area contributed by atoms with E-state index in [9.17, 15) is 13.2 Å². The maximum Gasteiger partial charge on any atom is 0.410 e. The van der Waals surface area contributed by atoms with Crippen molar-refractivity contribution in [3.8, 4) is 0 Å². The van der Waals surface area contributed by atoms with E-state index in [0.29, 0.717) is 5.56 Å². The van der Waals surface area contributed by atoms with Gasteiger partial charge >= 0.3 is 6.18 Å². The molecule has 0 saturated heterocycles. The Balaban J connectivity index is 2.92. The van der Waals surface area contributed by atoms with Crippen LogP contribution in [0.3, 0.4) is 0 Å². The van der Waals surface area contributed by atoms with E-state index in [0.717, 1.165) is 0 Å². The Morgan fingerprint density at radius 1 is 1.50 bits per heavy atom. The van der Waals surface area contributed by atoms with Gasteiger partial charge in [-0.05, 0) is 18.6 Å². The summed E-state index contributed by atoms with van der Waals surface area (Å²) in [5.74, 6) is -0.220. The van der Waals surface area contributed by atoms with Crippen molar-refractivity contribution in [1.82, 2.24) is 0 Å². The number of hydrogen-bond donors (Lipinski definition) is 1. The fourth-order valence-electron chi connectivity index (χ4n) is 0.852. The molecule has 2 N–H and O–H groups in total. The largest absolute Gasteiger partial charge is 0.467 e. The van der Waals surface area contributed by atoms with Crippen LogP contribution in [0, 0.1) is 6.92 Å². The number of hydrogen-bond acceptors (Lipinski definition) is 2. The summed E-state index contributed by atoms with van der Waals surface area (Å²) in [5.41, 5.74) is 5.32. The van der Waals surface area contributed by atoms with Gasteiger partial charge < -0.3 is 10.2 Å². The second-order valence-corrected chi connectivity index (χ2v) is 2.49. The summed E-state index contributed by atoms with van der Waals surface area (Å²) in [6, 6.07) is -0.575. The first kappa shape index (κ1) is 9.12. The highest BCUT2D eigenvalue weighted by Crippen LogP contribution is 2.32. The van der Waals surface area contributed by atoms with Gasteiger partial charge in [0.2, 0.25) is 0 Å². The highest BCUT2D eigenvalue weighted by molar-refractivity contribution is 5.18. The quantitative estimate of drug-likeness (QED) is 0.717. The highest BCUT2D eigenvalue weighted by Gasteiger charge is 2.40. The van der Waals surface area contributed by atoms with Crippen LogP contribution in [0.2, 0.25) is 0 Å². The minimum Gasteiger partial charge on any atom is -0.467 e. The van der Waals surface area contributed by atoms with Crippen molar-refractivity contribution < 1.29 is 17.6 Å². The van der Waals surface area contributed by atoms with Crippen LogP contribution in [-0.4, -0.2) is 6.18 Å². The number of aryl methyl sites for hydroxylation is 1. The molecule has 0 amide bonds. The second-order valence-electron chi connectivity index (χ2n) is 2.49. The minimum atomic E-state index is -4.44. The molecule has 5 heteroatoms.